The molecule has 0 aliphatic heterocycles. The number of carbonyl (C=O) groups is 1. The van der Waals surface area contributed by atoms with Gasteiger partial charge in [-0.05, 0) is 30.7 Å². The van der Waals surface area contributed by atoms with Gasteiger partial charge in [-0.2, -0.15) is 4.68 Å². The monoisotopic (exact) mass is 320 g/mol. The second-order valence-electron chi connectivity index (χ2n) is 5.45. The Kier molecular flexibility index (Phi) is 4.91. The number of rotatable bonds is 6. The number of para-hydroxylation sites is 2. The van der Waals surface area contributed by atoms with Crippen molar-refractivity contribution in [2.45, 2.75) is 19.8 Å². The third-order valence-corrected chi connectivity index (χ3v) is 3.50. The van der Waals surface area contributed by atoms with E-state index in [-0.39, 0.29) is 5.91 Å². The number of benzene rings is 2. The number of nitrogens with one attached hydrogen (secondary N) is 2. The van der Waals surface area contributed by atoms with Gasteiger partial charge in [-0.25, -0.2) is 0 Å². The molecular formula is C19H20N4O. The molecule has 0 saturated carbocycles. The van der Waals surface area contributed by atoms with Gasteiger partial charge in [-0.1, -0.05) is 43.3 Å². The van der Waals surface area contributed by atoms with Gasteiger partial charge in [0.25, 0.3) is 0 Å². The lowest BCUT2D eigenvalue weighted by atomic mass is 10.3. The summed E-state index contributed by atoms with van der Waals surface area (Å²) in [4.78, 5) is 12.4. The maximum atomic E-state index is 12.4. The topological polar surface area (TPSA) is 59.0 Å². The Bertz CT molecular complexity index is 797. The number of hydrogen-bond acceptors (Lipinski definition) is 4. The molecule has 122 valence electrons. The van der Waals surface area contributed by atoms with Crippen LogP contribution in [0.25, 0.3) is 0 Å². The summed E-state index contributed by atoms with van der Waals surface area (Å²) in [5.41, 5.74) is 1.84. The summed E-state index contributed by atoms with van der Waals surface area (Å²) >= 11 is 0. The molecule has 0 fully saturated rings. The van der Waals surface area contributed by atoms with Gasteiger partial charge in [0, 0.05) is 23.9 Å². The second-order valence-corrected chi connectivity index (χ2v) is 5.45. The highest BCUT2D eigenvalue weighted by atomic mass is 16.2. The quantitative estimate of drug-likeness (QED) is 0.684. The Morgan fingerprint density at radius 2 is 1.54 bits per heavy atom. The summed E-state index contributed by atoms with van der Waals surface area (Å²) < 4.78 is 1.43. The second kappa shape index (κ2) is 7.46. The van der Waals surface area contributed by atoms with E-state index in [4.69, 9.17) is 0 Å². The predicted molar refractivity (Wildman–Crippen MR) is 97.2 cm³/mol. The zero-order valence-electron chi connectivity index (χ0n) is 13.6. The lowest BCUT2D eigenvalue weighted by molar-refractivity contribution is 0.0889. The Labute approximate surface area is 141 Å². The van der Waals surface area contributed by atoms with Crippen molar-refractivity contribution in [3.63, 3.8) is 0 Å². The third-order valence-electron chi connectivity index (χ3n) is 3.50. The average molecular weight is 320 g/mol. The van der Waals surface area contributed by atoms with Crippen molar-refractivity contribution < 1.29 is 4.79 Å². The molecule has 0 bridgehead atoms. The average Bonchev–Trinajstić information content (AvgIpc) is 2.99. The van der Waals surface area contributed by atoms with Gasteiger partial charge in [0.2, 0.25) is 5.91 Å². The van der Waals surface area contributed by atoms with E-state index in [0.717, 1.165) is 17.8 Å². The molecule has 0 atom stereocenters. The first-order valence-electron chi connectivity index (χ1n) is 8.03. The van der Waals surface area contributed by atoms with E-state index >= 15 is 0 Å². The van der Waals surface area contributed by atoms with Crippen LogP contribution in [0.4, 0.5) is 23.0 Å². The van der Waals surface area contributed by atoms with E-state index in [2.05, 4.69) is 15.7 Å². The summed E-state index contributed by atoms with van der Waals surface area (Å²) in [7, 11) is 0. The largest absolute Gasteiger partial charge is 0.340 e. The number of anilines is 4. The van der Waals surface area contributed by atoms with Gasteiger partial charge in [0.15, 0.2) is 5.82 Å². The summed E-state index contributed by atoms with van der Waals surface area (Å²) in [6.07, 6.45) is 1.24. The van der Waals surface area contributed by atoms with E-state index in [1.165, 1.54) is 4.68 Å². The van der Waals surface area contributed by atoms with Crippen molar-refractivity contribution in [3.8, 4) is 0 Å². The van der Waals surface area contributed by atoms with Crippen molar-refractivity contribution in [2.24, 2.45) is 0 Å². The van der Waals surface area contributed by atoms with Crippen molar-refractivity contribution in [2.75, 3.05) is 10.6 Å². The Morgan fingerprint density at radius 3 is 2.12 bits per heavy atom. The smallest absolute Gasteiger partial charge is 0.248 e. The van der Waals surface area contributed by atoms with Crippen LogP contribution in [0.3, 0.4) is 0 Å². The van der Waals surface area contributed by atoms with Crippen LogP contribution in [0, 0.1) is 0 Å². The SMILES string of the molecule is CCCC(=O)n1nc(Nc2ccccc2)cc1Nc1ccccc1. The molecule has 5 nitrogen and oxygen atoms in total. The molecular weight excluding hydrogens is 300 g/mol. The van der Waals surface area contributed by atoms with Crippen LogP contribution >= 0.6 is 0 Å². The number of nitrogens with zero attached hydrogens (tertiary/aromatic N) is 2. The minimum Gasteiger partial charge on any atom is -0.340 e. The molecule has 1 aromatic heterocycles. The standard InChI is InChI=1S/C19H20N4O/c1-2-9-19(24)23-18(21-16-12-7-4-8-13-16)14-17(22-23)20-15-10-5-3-6-11-15/h3-8,10-14,21H,2,9H2,1H3,(H,20,22). The third kappa shape index (κ3) is 3.81. The van der Waals surface area contributed by atoms with Crippen LogP contribution in [0.5, 0.6) is 0 Å². The van der Waals surface area contributed by atoms with Gasteiger partial charge in [0.05, 0.1) is 0 Å². The molecule has 0 unspecified atom stereocenters. The first kappa shape index (κ1) is 15.8. The maximum Gasteiger partial charge on any atom is 0.248 e. The maximum absolute atomic E-state index is 12.4. The van der Waals surface area contributed by atoms with E-state index in [1.54, 1.807) is 0 Å². The van der Waals surface area contributed by atoms with Crippen LogP contribution in [0.2, 0.25) is 0 Å². The van der Waals surface area contributed by atoms with Crippen LogP contribution < -0.4 is 10.6 Å². The lowest BCUT2D eigenvalue weighted by Gasteiger charge is -2.07. The van der Waals surface area contributed by atoms with Crippen LogP contribution in [0.15, 0.2) is 66.7 Å². The molecule has 2 N–H and O–H groups in total. The van der Waals surface area contributed by atoms with Gasteiger partial charge in [0.1, 0.15) is 5.82 Å². The van der Waals surface area contributed by atoms with Gasteiger partial charge >= 0.3 is 0 Å². The normalized spacial score (nSPS) is 10.4. The molecule has 0 spiro atoms. The molecule has 3 aromatic rings. The zero-order chi connectivity index (χ0) is 16.8. The number of carbonyl (C=O) groups excluding carboxylic acids is 1. The fraction of sp³-hybridized carbons (Fsp3) is 0.158. The highest BCUT2D eigenvalue weighted by Crippen LogP contribution is 2.23. The van der Waals surface area contributed by atoms with Crippen molar-refractivity contribution in [3.05, 3.63) is 66.7 Å². The first-order valence-corrected chi connectivity index (χ1v) is 8.03. The first-order chi connectivity index (χ1) is 11.8. The zero-order valence-corrected chi connectivity index (χ0v) is 13.6. The van der Waals surface area contributed by atoms with Crippen molar-refractivity contribution >= 4 is 28.9 Å². The Balaban J connectivity index is 1.88. The predicted octanol–water partition coefficient (Wildman–Crippen LogP) is 4.81. The number of hydrogen-bond donors (Lipinski definition) is 2. The van der Waals surface area contributed by atoms with Crippen molar-refractivity contribution in [1.82, 2.24) is 9.78 Å². The van der Waals surface area contributed by atoms with Gasteiger partial charge < -0.3 is 10.6 Å². The Morgan fingerprint density at radius 1 is 0.958 bits per heavy atom. The molecule has 2 aromatic carbocycles. The fourth-order valence-electron chi connectivity index (χ4n) is 2.38. The summed E-state index contributed by atoms with van der Waals surface area (Å²) in [5, 5.41) is 10.9. The molecule has 0 aliphatic carbocycles. The van der Waals surface area contributed by atoms with E-state index in [1.807, 2.05) is 73.7 Å². The molecule has 3 rings (SSSR count). The van der Waals surface area contributed by atoms with E-state index in [0.29, 0.717) is 18.1 Å². The van der Waals surface area contributed by atoms with E-state index in [9.17, 15) is 4.79 Å². The summed E-state index contributed by atoms with van der Waals surface area (Å²) in [5.74, 6) is 1.25. The van der Waals surface area contributed by atoms with Gasteiger partial charge in [-0.15, -0.1) is 5.10 Å². The van der Waals surface area contributed by atoms with Crippen LogP contribution in [-0.2, 0) is 0 Å². The number of aromatic nitrogens is 2. The molecule has 5 heteroatoms. The highest BCUT2D eigenvalue weighted by molar-refractivity contribution is 5.83. The van der Waals surface area contributed by atoms with Gasteiger partial charge in [-0.3, -0.25) is 4.79 Å². The minimum absolute atomic E-state index is 0.0305. The molecule has 0 aliphatic rings. The molecule has 0 radical (unpaired) electrons. The molecule has 1 heterocycles. The molecule has 0 amide bonds. The lowest BCUT2D eigenvalue weighted by Crippen LogP contribution is -2.14. The van der Waals surface area contributed by atoms with Crippen molar-refractivity contribution in [1.29, 1.82) is 0 Å². The molecule has 0 saturated heterocycles. The minimum atomic E-state index is -0.0305. The summed E-state index contributed by atoms with van der Waals surface area (Å²) in [6.45, 7) is 1.98. The van der Waals surface area contributed by atoms with Crippen LogP contribution in [0.1, 0.15) is 24.6 Å². The highest BCUT2D eigenvalue weighted by Gasteiger charge is 2.14. The fourth-order valence-corrected chi connectivity index (χ4v) is 2.38. The summed E-state index contributed by atoms with van der Waals surface area (Å²) in [6, 6.07) is 21.3. The van der Waals surface area contributed by atoms with E-state index < -0.39 is 0 Å². The Hall–Kier alpha value is -3.08. The van der Waals surface area contributed by atoms with Crippen LogP contribution in [-0.4, -0.2) is 15.7 Å². The molecule has 24 heavy (non-hydrogen) atoms.